The molecule has 4 rings (SSSR count). The SMILES string of the molecule is CCOC(=O)C(CCc1ccccc1)NC(C)C(=O)N1C2CCC(CC2)[C@H]1C(=O)O. The predicted molar refractivity (Wildman–Crippen MR) is 112 cm³/mol. The van der Waals surface area contributed by atoms with E-state index in [2.05, 4.69) is 5.32 Å². The van der Waals surface area contributed by atoms with Gasteiger partial charge in [0, 0.05) is 6.04 Å². The molecule has 1 amide bonds. The number of carbonyl (C=O) groups is 3. The van der Waals surface area contributed by atoms with E-state index in [0.29, 0.717) is 12.8 Å². The highest BCUT2D eigenvalue weighted by Gasteiger charge is 2.48. The van der Waals surface area contributed by atoms with Gasteiger partial charge >= 0.3 is 11.9 Å². The van der Waals surface area contributed by atoms with Crippen molar-refractivity contribution in [3.8, 4) is 0 Å². The molecule has 0 spiro atoms. The molecule has 1 aliphatic carbocycles. The van der Waals surface area contributed by atoms with Gasteiger partial charge in [-0.2, -0.15) is 0 Å². The highest BCUT2D eigenvalue weighted by atomic mass is 16.5. The topological polar surface area (TPSA) is 95.9 Å². The number of aryl methyl sites for hydroxylation is 1. The van der Waals surface area contributed by atoms with E-state index in [0.717, 1.165) is 31.2 Å². The van der Waals surface area contributed by atoms with Gasteiger partial charge in [-0.1, -0.05) is 30.3 Å². The highest BCUT2D eigenvalue weighted by molar-refractivity contribution is 5.88. The Morgan fingerprint density at radius 3 is 2.43 bits per heavy atom. The summed E-state index contributed by atoms with van der Waals surface area (Å²) in [5, 5.41) is 12.9. The van der Waals surface area contributed by atoms with Gasteiger partial charge in [-0.3, -0.25) is 14.9 Å². The van der Waals surface area contributed by atoms with Crippen LogP contribution in [0, 0.1) is 5.92 Å². The van der Waals surface area contributed by atoms with E-state index in [-0.39, 0.29) is 30.4 Å². The number of carbonyl (C=O) groups excluding carboxylic acids is 2. The second-order valence-electron chi connectivity index (χ2n) is 8.31. The number of amides is 1. The summed E-state index contributed by atoms with van der Waals surface area (Å²) in [5.41, 5.74) is 1.10. The summed E-state index contributed by atoms with van der Waals surface area (Å²) < 4.78 is 5.21. The Hall–Kier alpha value is -2.41. The van der Waals surface area contributed by atoms with Crippen molar-refractivity contribution in [2.75, 3.05) is 6.61 Å². The van der Waals surface area contributed by atoms with Gasteiger partial charge in [0.05, 0.1) is 12.6 Å². The number of carboxylic acid groups (broad SMARTS) is 1. The molecule has 2 saturated heterocycles. The summed E-state index contributed by atoms with van der Waals surface area (Å²) in [7, 11) is 0. The minimum absolute atomic E-state index is 0.0163. The molecule has 7 heteroatoms. The van der Waals surface area contributed by atoms with Crippen molar-refractivity contribution >= 4 is 17.8 Å². The van der Waals surface area contributed by atoms with E-state index in [4.69, 9.17) is 4.74 Å². The summed E-state index contributed by atoms with van der Waals surface area (Å²) >= 11 is 0. The Morgan fingerprint density at radius 1 is 1.17 bits per heavy atom. The molecule has 1 aromatic carbocycles. The van der Waals surface area contributed by atoms with Crippen molar-refractivity contribution in [1.29, 1.82) is 0 Å². The first-order valence-corrected chi connectivity index (χ1v) is 10.9. The average molecular weight is 417 g/mol. The van der Waals surface area contributed by atoms with Crippen LogP contribution in [0.1, 0.15) is 51.5 Å². The van der Waals surface area contributed by atoms with Gasteiger partial charge in [-0.25, -0.2) is 4.79 Å². The number of esters is 1. The van der Waals surface area contributed by atoms with Crippen molar-refractivity contribution in [3.05, 3.63) is 35.9 Å². The highest BCUT2D eigenvalue weighted by Crippen LogP contribution is 2.40. The van der Waals surface area contributed by atoms with E-state index in [1.165, 1.54) is 0 Å². The zero-order chi connectivity index (χ0) is 21.7. The Kier molecular flexibility index (Phi) is 7.48. The minimum atomic E-state index is -0.934. The summed E-state index contributed by atoms with van der Waals surface area (Å²) in [4.78, 5) is 39.2. The lowest BCUT2D eigenvalue weighted by Gasteiger charge is -2.50. The molecule has 2 N–H and O–H groups in total. The normalized spacial score (nSPS) is 24.9. The number of hydrogen-bond acceptors (Lipinski definition) is 5. The van der Waals surface area contributed by atoms with Crippen molar-refractivity contribution < 1.29 is 24.2 Å². The molecule has 0 aromatic heterocycles. The van der Waals surface area contributed by atoms with Crippen molar-refractivity contribution in [2.24, 2.45) is 5.92 Å². The van der Waals surface area contributed by atoms with Crippen LogP contribution < -0.4 is 5.32 Å². The van der Waals surface area contributed by atoms with Crippen molar-refractivity contribution in [1.82, 2.24) is 10.2 Å². The van der Waals surface area contributed by atoms with Crippen molar-refractivity contribution in [3.63, 3.8) is 0 Å². The summed E-state index contributed by atoms with van der Waals surface area (Å²) in [6.45, 7) is 3.72. The number of rotatable bonds is 9. The molecule has 1 aromatic rings. The zero-order valence-electron chi connectivity index (χ0n) is 17.8. The monoisotopic (exact) mass is 416 g/mol. The van der Waals surface area contributed by atoms with Gasteiger partial charge in [0.1, 0.15) is 12.1 Å². The Balaban J connectivity index is 1.69. The molecule has 30 heavy (non-hydrogen) atoms. The second kappa shape index (κ2) is 10.1. The van der Waals surface area contributed by atoms with Crippen LogP contribution in [0.3, 0.4) is 0 Å². The molecule has 3 atom stereocenters. The maximum absolute atomic E-state index is 13.2. The van der Waals surface area contributed by atoms with Gasteiger partial charge in [0.15, 0.2) is 0 Å². The Labute approximate surface area is 177 Å². The molecule has 164 valence electrons. The van der Waals surface area contributed by atoms with E-state index < -0.39 is 24.1 Å². The van der Waals surface area contributed by atoms with Gasteiger partial charge < -0.3 is 14.7 Å². The van der Waals surface area contributed by atoms with Crippen LogP contribution in [-0.4, -0.2) is 58.6 Å². The largest absolute Gasteiger partial charge is 0.480 e. The minimum Gasteiger partial charge on any atom is -0.480 e. The molecule has 3 fully saturated rings. The van der Waals surface area contributed by atoms with E-state index in [9.17, 15) is 19.5 Å². The number of carboxylic acids is 1. The maximum atomic E-state index is 13.2. The lowest BCUT2D eigenvalue weighted by Crippen LogP contribution is -2.64. The Bertz CT molecular complexity index is 745. The number of nitrogens with zero attached hydrogens (tertiary/aromatic N) is 1. The third kappa shape index (κ3) is 5.01. The lowest BCUT2D eigenvalue weighted by atomic mass is 9.74. The van der Waals surface area contributed by atoms with E-state index >= 15 is 0 Å². The fourth-order valence-corrected chi connectivity index (χ4v) is 4.85. The first-order valence-electron chi connectivity index (χ1n) is 10.9. The van der Waals surface area contributed by atoms with Crippen LogP contribution in [0.15, 0.2) is 30.3 Å². The molecule has 2 bridgehead atoms. The molecular weight excluding hydrogens is 384 g/mol. The molecule has 2 heterocycles. The molecule has 3 aliphatic rings. The third-order valence-corrected chi connectivity index (χ3v) is 6.35. The molecule has 2 unspecified atom stereocenters. The third-order valence-electron chi connectivity index (χ3n) is 6.35. The van der Waals surface area contributed by atoms with Crippen LogP contribution in [0.5, 0.6) is 0 Å². The molecule has 0 radical (unpaired) electrons. The smallest absolute Gasteiger partial charge is 0.326 e. The van der Waals surface area contributed by atoms with Crippen LogP contribution in [0.4, 0.5) is 0 Å². The zero-order valence-corrected chi connectivity index (χ0v) is 17.8. The standard InChI is InChI=1S/C23H32N2O5/c1-3-30-23(29)19(14-9-16-7-5-4-6-8-16)24-15(2)21(26)25-18-12-10-17(11-13-18)20(25)22(27)28/h4-8,15,17-20,24H,3,9-14H2,1-2H3,(H,27,28)/t15?,17?,18?,19?,20-/m0/s1. The van der Waals surface area contributed by atoms with Gasteiger partial charge in [-0.15, -0.1) is 0 Å². The van der Waals surface area contributed by atoms with Gasteiger partial charge in [-0.05, 0) is 63.9 Å². The average Bonchev–Trinajstić information content (AvgIpc) is 2.76. The van der Waals surface area contributed by atoms with Crippen LogP contribution in [0.2, 0.25) is 0 Å². The number of ether oxygens (including phenoxy) is 1. The number of nitrogens with one attached hydrogen (secondary N) is 1. The number of piperidine rings is 2. The number of benzene rings is 1. The van der Waals surface area contributed by atoms with E-state index in [1.807, 2.05) is 30.3 Å². The number of fused-ring (bicyclic) bond motifs is 3. The van der Waals surface area contributed by atoms with Crippen molar-refractivity contribution in [2.45, 2.75) is 76.5 Å². The van der Waals surface area contributed by atoms with E-state index in [1.54, 1.807) is 18.7 Å². The second-order valence-corrected chi connectivity index (χ2v) is 8.31. The first-order chi connectivity index (χ1) is 14.4. The molecule has 2 aliphatic heterocycles. The maximum Gasteiger partial charge on any atom is 0.326 e. The molecule has 1 saturated carbocycles. The Morgan fingerprint density at radius 2 is 1.83 bits per heavy atom. The summed E-state index contributed by atoms with van der Waals surface area (Å²) in [6, 6.07) is 7.74. The molecular formula is C23H32N2O5. The predicted octanol–water partition coefficient (Wildman–Crippen LogP) is 2.38. The quantitative estimate of drug-likeness (QED) is 0.600. The first kappa shape index (κ1) is 22.3. The fraction of sp³-hybridized carbons (Fsp3) is 0.609. The molecule has 7 nitrogen and oxygen atoms in total. The van der Waals surface area contributed by atoms with Gasteiger partial charge in [0.2, 0.25) is 5.91 Å². The summed E-state index contributed by atoms with van der Waals surface area (Å²) in [5.74, 6) is -1.55. The lowest BCUT2D eigenvalue weighted by molar-refractivity contribution is -0.164. The van der Waals surface area contributed by atoms with Crippen LogP contribution >= 0.6 is 0 Å². The van der Waals surface area contributed by atoms with Gasteiger partial charge in [0.25, 0.3) is 0 Å². The van der Waals surface area contributed by atoms with Crippen LogP contribution in [0.25, 0.3) is 0 Å². The number of hydrogen-bond donors (Lipinski definition) is 2. The number of aliphatic carboxylic acids is 1. The summed E-state index contributed by atoms with van der Waals surface area (Å²) in [6.07, 6.45) is 4.58. The van der Waals surface area contributed by atoms with Crippen LogP contribution in [-0.2, 0) is 25.5 Å². The fourth-order valence-electron chi connectivity index (χ4n) is 4.85.